The van der Waals surface area contributed by atoms with Crippen molar-refractivity contribution in [1.29, 1.82) is 0 Å². The fourth-order valence-electron chi connectivity index (χ4n) is 2.48. The van der Waals surface area contributed by atoms with E-state index in [0.29, 0.717) is 12.0 Å². The molecule has 2 rings (SSSR count). The molecule has 0 spiro atoms. The van der Waals surface area contributed by atoms with Crippen molar-refractivity contribution in [1.82, 2.24) is 14.9 Å². The highest BCUT2D eigenvalue weighted by atomic mass is 79.9. The van der Waals surface area contributed by atoms with E-state index in [1.165, 1.54) is 6.07 Å². The summed E-state index contributed by atoms with van der Waals surface area (Å²) < 4.78 is 17.1. The second kappa shape index (κ2) is 7.71. The maximum Gasteiger partial charge on any atom is 0.129 e. The van der Waals surface area contributed by atoms with E-state index in [0.717, 1.165) is 29.8 Å². The highest BCUT2D eigenvalue weighted by molar-refractivity contribution is 9.10. The van der Waals surface area contributed by atoms with Gasteiger partial charge in [0.15, 0.2) is 0 Å². The van der Waals surface area contributed by atoms with Crippen LogP contribution in [0.1, 0.15) is 37.7 Å². The zero-order valence-electron chi connectivity index (χ0n) is 12.4. The van der Waals surface area contributed by atoms with E-state index in [2.05, 4.69) is 37.7 Å². The molecule has 0 bridgehead atoms. The molecule has 1 atom stereocenters. The van der Waals surface area contributed by atoms with Crippen LogP contribution in [0, 0.1) is 5.82 Å². The Kier molecular flexibility index (Phi) is 5.94. The third-order valence-corrected chi connectivity index (χ3v) is 3.93. The van der Waals surface area contributed by atoms with Crippen LogP contribution < -0.4 is 5.32 Å². The molecule has 114 valence electrons. The van der Waals surface area contributed by atoms with Crippen molar-refractivity contribution in [3.63, 3.8) is 0 Å². The van der Waals surface area contributed by atoms with E-state index in [9.17, 15) is 4.39 Å². The van der Waals surface area contributed by atoms with Crippen LogP contribution in [0.25, 0.3) is 0 Å². The molecule has 1 heterocycles. The van der Waals surface area contributed by atoms with Gasteiger partial charge < -0.3 is 9.88 Å². The van der Waals surface area contributed by atoms with E-state index >= 15 is 0 Å². The fraction of sp³-hybridized carbons (Fsp3) is 0.438. The van der Waals surface area contributed by atoms with E-state index in [-0.39, 0.29) is 11.9 Å². The van der Waals surface area contributed by atoms with Crippen molar-refractivity contribution in [2.45, 2.75) is 39.3 Å². The predicted molar refractivity (Wildman–Crippen MR) is 86.7 cm³/mol. The van der Waals surface area contributed by atoms with Gasteiger partial charge in [-0.05, 0) is 25.1 Å². The van der Waals surface area contributed by atoms with Gasteiger partial charge in [0.25, 0.3) is 0 Å². The monoisotopic (exact) mass is 353 g/mol. The van der Waals surface area contributed by atoms with Crippen molar-refractivity contribution >= 4 is 15.9 Å². The predicted octanol–water partition coefficient (Wildman–Crippen LogP) is 4.09. The molecule has 0 fully saturated rings. The molecule has 0 saturated carbocycles. The van der Waals surface area contributed by atoms with Gasteiger partial charge in [0.2, 0.25) is 0 Å². The Labute approximate surface area is 133 Å². The van der Waals surface area contributed by atoms with E-state index in [4.69, 9.17) is 0 Å². The third-order valence-electron chi connectivity index (χ3n) is 3.44. The smallest absolute Gasteiger partial charge is 0.129 e. The topological polar surface area (TPSA) is 29.9 Å². The molecular weight excluding hydrogens is 333 g/mol. The third kappa shape index (κ3) is 4.14. The Morgan fingerprint density at radius 2 is 2.19 bits per heavy atom. The number of hydrogen-bond donors (Lipinski definition) is 1. The molecule has 5 heteroatoms. The molecule has 0 aliphatic heterocycles. The maximum absolute atomic E-state index is 14.2. The van der Waals surface area contributed by atoms with Gasteiger partial charge in [0.1, 0.15) is 11.6 Å². The minimum absolute atomic E-state index is 0.0684. The highest BCUT2D eigenvalue weighted by Gasteiger charge is 2.18. The van der Waals surface area contributed by atoms with Gasteiger partial charge in [-0.1, -0.05) is 35.8 Å². The van der Waals surface area contributed by atoms with Crippen LogP contribution in [-0.4, -0.2) is 16.1 Å². The molecule has 0 aliphatic carbocycles. The van der Waals surface area contributed by atoms with Crippen molar-refractivity contribution < 1.29 is 4.39 Å². The standard InChI is InChI=1S/C16H21BrFN3/c1-3-8-21-9-7-20-16(21)11-15(19-4-2)13-6-5-12(17)10-14(13)18/h5-7,9-10,15,19H,3-4,8,11H2,1-2H3. The highest BCUT2D eigenvalue weighted by Crippen LogP contribution is 2.24. The first kappa shape index (κ1) is 16.2. The Balaban J connectivity index is 2.24. The average Bonchev–Trinajstić information content (AvgIpc) is 2.86. The summed E-state index contributed by atoms with van der Waals surface area (Å²) in [6.07, 6.45) is 5.53. The first-order chi connectivity index (χ1) is 10.2. The minimum atomic E-state index is -0.191. The summed E-state index contributed by atoms with van der Waals surface area (Å²) >= 11 is 3.30. The number of likely N-dealkylation sites (N-methyl/N-ethyl adjacent to an activating group) is 1. The number of imidazole rings is 1. The quantitative estimate of drug-likeness (QED) is 0.812. The number of nitrogens with zero attached hydrogens (tertiary/aromatic N) is 2. The molecule has 1 aromatic heterocycles. The normalized spacial score (nSPS) is 12.6. The second-order valence-electron chi connectivity index (χ2n) is 5.02. The summed E-state index contributed by atoms with van der Waals surface area (Å²) in [6, 6.07) is 5.15. The van der Waals surface area contributed by atoms with Crippen LogP contribution >= 0.6 is 15.9 Å². The lowest BCUT2D eigenvalue weighted by Crippen LogP contribution is -2.25. The van der Waals surface area contributed by atoms with E-state index in [1.807, 2.05) is 31.5 Å². The van der Waals surface area contributed by atoms with Gasteiger partial charge in [-0.3, -0.25) is 0 Å². The molecule has 21 heavy (non-hydrogen) atoms. The Hall–Kier alpha value is -1.20. The molecule has 1 N–H and O–H groups in total. The summed E-state index contributed by atoms with van der Waals surface area (Å²) in [5.74, 6) is 0.800. The first-order valence-electron chi connectivity index (χ1n) is 7.34. The largest absolute Gasteiger partial charge is 0.335 e. The van der Waals surface area contributed by atoms with Crippen molar-refractivity contribution in [2.75, 3.05) is 6.54 Å². The second-order valence-corrected chi connectivity index (χ2v) is 5.93. The number of aryl methyl sites for hydroxylation is 1. The Morgan fingerprint density at radius 3 is 2.86 bits per heavy atom. The molecule has 0 aliphatic rings. The van der Waals surface area contributed by atoms with Crippen LogP contribution in [0.2, 0.25) is 0 Å². The minimum Gasteiger partial charge on any atom is -0.335 e. The molecule has 1 unspecified atom stereocenters. The van der Waals surface area contributed by atoms with E-state index in [1.54, 1.807) is 0 Å². The molecule has 2 aromatic rings. The van der Waals surface area contributed by atoms with Gasteiger partial charge in [0.05, 0.1) is 0 Å². The molecule has 1 aromatic carbocycles. The Morgan fingerprint density at radius 1 is 1.38 bits per heavy atom. The molecular formula is C16H21BrFN3. The van der Waals surface area contributed by atoms with Crippen molar-refractivity contribution in [3.05, 3.63) is 52.3 Å². The van der Waals surface area contributed by atoms with Crippen LogP contribution in [0.3, 0.4) is 0 Å². The molecule has 0 radical (unpaired) electrons. The van der Waals surface area contributed by atoms with Crippen LogP contribution in [0.5, 0.6) is 0 Å². The summed E-state index contributed by atoms with van der Waals surface area (Å²) in [7, 11) is 0. The lowest BCUT2D eigenvalue weighted by atomic mass is 10.0. The summed E-state index contributed by atoms with van der Waals surface area (Å²) in [6.45, 7) is 5.90. The van der Waals surface area contributed by atoms with Gasteiger partial charge >= 0.3 is 0 Å². The SMILES string of the molecule is CCCn1ccnc1CC(NCC)c1ccc(Br)cc1F. The van der Waals surface area contributed by atoms with Gasteiger partial charge in [-0.15, -0.1) is 0 Å². The lowest BCUT2D eigenvalue weighted by molar-refractivity contribution is 0.489. The first-order valence-corrected chi connectivity index (χ1v) is 8.13. The number of rotatable bonds is 7. The van der Waals surface area contributed by atoms with Crippen LogP contribution in [0.15, 0.2) is 35.1 Å². The lowest BCUT2D eigenvalue weighted by Gasteiger charge is -2.19. The van der Waals surface area contributed by atoms with Gasteiger partial charge in [0, 0.05) is 41.4 Å². The summed E-state index contributed by atoms with van der Waals surface area (Å²) in [5.41, 5.74) is 0.686. The van der Waals surface area contributed by atoms with Crippen LogP contribution in [-0.2, 0) is 13.0 Å². The molecule has 3 nitrogen and oxygen atoms in total. The maximum atomic E-state index is 14.2. The number of benzene rings is 1. The van der Waals surface area contributed by atoms with Crippen molar-refractivity contribution in [3.8, 4) is 0 Å². The Bertz CT molecular complexity index is 583. The zero-order valence-corrected chi connectivity index (χ0v) is 14.0. The van der Waals surface area contributed by atoms with Gasteiger partial charge in [-0.25, -0.2) is 9.37 Å². The number of hydrogen-bond acceptors (Lipinski definition) is 2. The number of aromatic nitrogens is 2. The fourth-order valence-corrected chi connectivity index (χ4v) is 2.81. The molecule has 0 amide bonds. The average molecular weight is 354 g/mol. The van der Waals surface area contributed by atoms with Crippen molar-refractivity contribution in [2.24, 2.45) is 0 Å². The zero-order chi connectivity index (χ0) is 15.2. The van der Waals surface area contributed by atoms with E-state index < -0.39 is 0 Å². The molecule has 0 saturated heterocycles. The number of nitrogens with one attached hydrogen (secondary N) is 1. The number of halogens is 2. The summed E-state index contributed by atoms with van der Waals surface area (Å²) in [5, 5.41) is 3.36. The summed E-state index contributed by atoms with van der Waals surface area (Å²) in [4.78, 5) is 4.42. The van der Waals surface area contributed by atoms with Crippen LogP contribution in [0.4, 0.5) is 4.39 Å². The van der Waals surface area contributed by atoms with Gasteiger partial charge in [-0.2, -0.15) is 0 Å².